The van der Waals surface area contributed by atoms with Gasteiger partial charge in [0, 0.05) is 50.0 Å². The molecule has 3 aliphatic rings. The van der Waals surface area contributed by atoms with Crippen molar-refractivity contribution in [2.45, 2.75) is 25.4 Å². The van der Waals surface area contributed by atoms with E-state index in [1.165, 1.54) is 11.1 Å². The van der Waals surface area contributed by atoms with Gasteiger partial charge in [0.15, 0.2) is 0 Å². The van der Waals surface area contributed by atoms with Gasteiger partial charge in [-0.15, -0.1) is 0 Å². The second kappa shape index (κ2) is 8.68. The number of anilines is 1. The average molecular weight is 428 g/mol. The molecule has 0 radical (unpaired) electrons. The average Bonchev–Trinajstić information content (AvgIpc) is 2.82. The number of hydrogen-bond donors (Lipinski definition) is 2. The molecular weight excluding hydrogens is 398 g/mol. The van der Waals surface area contributed by atoms with Crippen molar-refractivity contribution in [3.63, 3.8) is 0 Å². The highest BCUT2D eigenvalue weighted by atomic mass is 16.2. The molecule has 164 valence electrons. The van der Waals surface area contributed by atoms with Crippen molar-refractivity contribution in [2.75, 3.05) is 38.5 Å². The van der Waals surface area contributed by atoms with Crippen LogP contribution in [-0.4, -0.2) is 55.0 Å². The summed E-state index contributed by atoms with van der Waals surface area (Å²) in [6.45, 7) is 4.22. The number of benzene rings is 2. The molecule has 5 rings (SSSR count). The maximum Gasteiger partial charge on any atom is 0.228 e. The van der Waals surface area contributed by atoms with Crippen LogP contribution < -0.4 is 10.6 Å². The molecular formula is C26H29N5O. The summed E-state index contributed by atoms with van der Waals surface area (Å²) < 4.78 is 0. The highest BCUT2D eigenvalue weighted by Gasteiger charge is 2.34. The summed E-state index contributed by atoms with van der Waals surface area (Å²) in [7, 11) is 2.06. The van der Waals surface area contributed by atoms with Gasteiger partial charge in [-0.25, -0.2) is 0 Å². The van der Waals surface area contributed by atoms with Gasteiger partial charge in [0.25, 0.3) is 0 Å². The fraction of sp³-hybridized carbons (Fsp3) is 0.385. The monoisotopic (exact) mass is 427 g/mol. The number of nitrogens with zero attached hydrogens (tertiary/aromatic N) is 3. The number of rotatable bonds is 4. The minimum absolute atomic E-state index is 0.190. The molecule has 2 aromatic rings. The number of amides is 1. The molecule has 2 saturated heterocycles. The zero-order valence-electron chi connectivity index (χ0n) is 18.5. The molecule has 0 bridgehead atoms. The summed E-state index contributed by atoms with van der Waals surface area (Å²) in [6.07, 6.45) is 6.02. The largest absolute Gasteiger partial charge is 0.387 e. The van der Waals surface area contributed by atoms with Gasteiger partial charge in [0.2, 0.25) is 5.91 Å². The fourth-order valence-corrected chi connectivity index (χ4v) is 4.99. The molecule has 32 heavy (non-hydrogen) atoms. The minimum atomic E-state index is 0.190. The van der Waals surface area contributed by atoms with Crippen LogP contribution in [0.5, 0.6) is 0 Å². The van der Waals surface area contributed by atoms with Gasteiger partial charge in [-0.05, 0) is 73.1 Å². The maximum atomic E-state index is 12.7. The predicted molar refractivity (Wildman–Crippen MR) is 127 cm³/mol. The SMILES string of the molecule is CN1CC(C(=O)N2CCC(Nc3cc(-c4cccc(C#N)c4)cc4c3CNC=C4)CC2)C1. The van der Waals surface area contributed by atoms with Gasteiger partial charge >= 0.3 is 0 Å². The van der Waals surface area contributed by atoms with Gasteiger partial charge in [-0.1, -0.05) is 12.1 Å². The summed E-state index contributed by atoms with van der Waals surface area (Å²) in [5, 5.41) is 16.4. The van der Waals surface area contributed by atoms with Crippen LogP contribution in [0.4, 0.5) is 5.69 Å². The normalized spacial score (nSPS) is 18.9. The summed E-state index contributed by atoms with van der Waals surface area (Å²) >= 11 is 0. The van der Waals surface area contributed by atoms with Crippen LogP contribution in [0.25, 0.3) is 17.2 Å². The van der Waals surface area contributed by atoms with Crippen LogP contribution >= 0.6 is 0 Å². The third-order valence-electron chi connectivity index (χ3n) is 6.85. The van der Waals surface area contributed by atoms with Crippen LogP contribution in [0.15, 0.2) is 42.6 Å². The molecule has 0 aromatic heterocycles. The van der Waals surface area contributed by atoms with Crippen molar-refractivity contribution >= 4 is 17.7 Å². The molecule has 6 heteroatoms. The van der Waals surface area contributed by atoms with E-state index in [9.17, 15) is 10.1 Å². The Morgan fingerprint density at radius 3 is 2.72 bits per heavy atom. The van der Waals surface area contributed by atoms with Crippen molar-refractivity contribution < 1.29 is 4.79 Å². The molecule has 2 N–H and O–H groups in total. The van der Waals surface area contributed by atoms with E-state index in [4.69, 9.17) is 0 Å². The van der Waals surface area contributed by atoms with Gasteiger partial charge in [0.1, 0.15) is 0 Å². The van der Waals surface area contributed by atoms with Gasteiger partial charge in [0.05, 0.1) is 17.6 Å². The minimum Gasteiger partial charge on any atom is -0.387 e. The highest BCUT2D eigenvalue weighted by Crippen LogP contribution is 2.33. The molecule has 0 spiro atoms. The van der Waals surface area contributed by atoms with Crippen LogP contribution in [-0.2, 0) is 11.3 Å². The lowest BCUT2D eigenvalue weighted by molar-refractivity contribution is -0.141. The third-order valence-corrected chi connectivity index (χ3v) is 6.85. The first-order valence-electron chi connectivity index (χ1n) is 11.4. The van der Waals surface area contributed by atoms with Crippen molar-refractivity contribution in [1.29, 1.82) is 5.26 Å². The second-order valence-corrected chi connectivity index (χ2v) is 9.16. The number of piperidine rings is 1. The number of carbonyl (C=O) groups excluding carboxylic acids is 1. The first-order valence-corrected chi connectivity index (χ1v) is 11.4. The Balaban J connectivity index is 1.33. The molecule has 6 nitrogen and oxygen atoms in total. The highest BCUT2D eigenvalue weighted by molar-refractivity contribution is 5.80. The Bertz CT molecular complexity index is 1090. The first kappa shape index (κ1) is 20.6. The van der Waals surface area contributed by atoms with Crippen molar-refractivity contribution in [3.05, 3.63) is 59.3 Å². The molecule has 2 fully saturated rings. The van der Waals surface area contributed by atoms with Gasteiger partial charge < -0.3 is 20.4 Å². The van der Waals surface area contributed by atoms with Crippen molar-refractivity contribution in [3.8, 4) is 17.2 Å². The summed E-state index contributed by atoms with van der Waals surface area (Å²) in [5.74, 6) is 0.517. The van der Waals surface area contributed by atoms with Gasteiger partial charge in [-0.3, -0.25) is 4.79 Å². The Morgan fingerprint density at radius 2 is 1.97 bits per heavy atom. The fourth-order valence-electron chi connectivity index (χ4n) is 4.99. The van der Waals surface area contributed by atoms with Crippen molar-refractivity contribution in [1.82, 2.24) is 15.1 Å². The topological polar surface area (TPSA) is 71.4 Å². The van der Waals surface area contributed by atoms with Crippen LogP contribution in [0.2, 0.25) is 0 Å². The second-order valence-electron chi connectivity index (χ2n) is 9.16. The molecule has 2 aromatic carbocycles. The van der Waals surface area contributed by atoms with E-state index >= 15 is 0 Å². The van der Waals surface area contributed by atoms with E-state index in [0.29, 0.717) is 17.5 Å². The molecule has 3 heterocycles. The molecule has 0 atom stereocenters. The molecule has 3 aliphatic heterocycles. The Morgan fingerprint density at radius 1 is 1.16 bits per heavy atom. The lowest BCUT2D eigenvalue weighted by Gasteiger charge is -2.40. The van der Waals surface area contributed by atoms with Crippen LogP contribution in [0.3, 0.4) is 0 Å². The van der Waals surface area contributed by atoms with Gasteiger partial charge in [-0.2, -0.15) is 5.26 Å². The summed E-state index contributed by atoms with van der Waals surface area (Å²) in [5.41, 5.74) is 6.43. The molecule has 0 saturated carbocycles. The van der Waals surface area contributed by atoms with Crippen LogP contribution in [0, 0.1) is 17.2 Å². The van der Waals surface area contributed by atoms with E-state index in [-0.39, 0.29) is 5.92 Å². The molecule has 0 unspecified atom stereocenters. The molecule has 0 aliphatic carbocycles. The standard InChI is InChI=1S/C26H29N5O/c1-30-16-22(17-30)26(32)31-9-6-23(7-10-31)29-25-13-21(12-20-5-8-28-15-24(20)25)19-4-2-3-18(11-19)14-27/h2-5,8,11-13,22-23,28-29H,6-7,9-10,15-17H2,1H3. The predicted octanol–water partition coefficient (Wildman–Crippen LogP) is 3.26. The van der Waals surface area contributed by atoms with Crippen molar-refractivity contribution in [2.24, 2.45) is 5.92 Å². The number of hydrogen-bond acceptors (Lipinski definition) is 5. The lowest BCUT2D eigenvalue weighted by atomic mass is 9.93. The summed E-state index contributed by atoms with van der Waals surface area (Å²) in [4.78, 5) is 16.9. The lowest BCUT2D eigenvalue weighted by Crippen LogP contribution is -2.54. The Kier molecular flexibility index (Phi) is 5.59. The number of fused-ring (bicyclic) bond motifs is 1. The van der Waals surface area contributed by atoms with E-state index in [0.717, 1.165) is 62.4 Å². The Labute approximate surface area is 189 Å². The van der Waals surface area contributed by atoms with E-state index < -0.39 is 0 Å². The van der Waals surface area contributed by atoms with Crippen LogP contribution in [0.1, 0.15) is 29.5 Å². The number of carbonyl (C=O) groups is 1. The maximum absolute atomic E-state index is 12.7. The molecule has 1 amide bonds. The Hall–Kier alpha value is -3.30. The first-order chi connectivity index (χ1) is 15.6. The van der Waals surface area contributed by atoms with E-state index in [1.807, 2.05) is 24.4 Å². The third kappa shape index (κ3) is 4.09. The van der Waals surface area contributed by atoms with E-state index in [1.54, 1.807) is 0 Å². The quantitative estimate of drug-likeness (QED) is 0.784. The number of likely N-dealkylation sites (tertiary alicyclic amines) is 2. The zero-order valence-corrected chi connectivity index (χ0v) is 18.5. The smallest absolute Gasteiger partial charge is 0.228 e. The zero-order chi connectivity index (χ0) is 22.1. The summed E-state index contributed by atoms with van der Waals surface area (Å²) in [6, 6.07) is 14.8. The van der Waals surface area contributed by atoms with E-state index in [2.05, 4.69) is 57.8 Å². The number of nitriles is 1. The number of nitrogens with one attached hydrogen (secondary N) is 2.